The van der Waals surface area contributed by atoms with E-state index in [9.17, 15) is 14.7 Å². The number of para-hydroxylation sites is 1. The molecule has 0 radical (unpaired) electrons. The SMILES string of the molecule is O=C(O)c1cc(C(=O)c2ccccc2NC2CCCCC2)ccc1NC1CCCCC1. The van der Waals surface area contributed by atoms with Crippen LogP contribution in [0, 0.1) is 0 Å². The molecule has 3 N–H and O–H groups in total. The Morgan fingerprint density at radius 3 is 1.84 bits per heavy atom. The van der Waals surface area contributed by atoms with Gasteiger partial charge in [0, 0.05) is 34.6 Å². The molecule has 2 aliphatic rings. The highest BCUT2D eigenvalue weighted by atomic mass is 16.4. The molecule has 0 amide bonds. The van der Waals surface area contributed by atoms with Gasteiger partial charge in [-0.1, -0.05) is 50.7 Å². The van der Waals surface area contributed by atoms with E-state index in [2.05, 4.69) is 10.6 Å². The zero-order valence-corrected chi connectivity index (χ0v) is 18.0. The molecule has 2 fully saturated rings. The lowest BCUT2D eigenvalue weighted by Crippen LogP contribution is -2.24. The van der Waals surface area contributed by atoms with Crippen molar-refractivity contribution in [2.45, 2.75) is 76.3 Å². The summed E-state index contributed by atoms with van der Waals surface area (Å²) in [4.78, 5) is 25.3. The fourth-order valence-electron chi connectivity index (χ4n) is 4.88. The maximum absolute atomic E-state index is 13.3. The second-order valence-electron chi connectivity index (χ2n) is 8.90. The average Bonchev–Trinajstić information content (AvgIpc) is 2.80. The topological polar surface area (TPSA) is 78.4 Å². The van der Waals surface area contributed by atoms with Crippen molar-refractivity contribution in [2.75, 3.05) is 10.6 Å². The minimum absolute atomic E-state index is 0.148. The summed E-state index contributed by atoms with van der Waals surface area (Å²) in [7, 11) is 0. The standard InChI is InChI=1S/C26H32N2O3/c29-25(21-13-7-8-14-23(21)27-19-9-3-1-4-10-19)18-15-16-24(22(17-18)26(30)31)28-20-11-5-2-6-12-20/h7-8,13-17,19-20,27-28H,1-6,9-12H2,(H,30,31). The van der Waals surface area contributed by atoms with Crippen LogP contribution < -0.4 is 10.6 Å². The number of carbonyl (C=O) groups excluding carboxylic acids is 1. The Hall–Kier alpha value is -2.82. The van der Waals surface area contributed by atoms with Gasteiger partial charge in [0.1, 0.15) is 0 Å². The zero-order chi connectivity index (χ0) is 21.6. The Balaban J connectivity index is 1.57. The molecule has 2 saturated carbocycles. The monoisotopic (exact) mass is 420 g/mol. The largest absolute Gasteiger partial charge is 0.478 e. The van der Waals surface area contributed by atoms with Crippen molar-refractivity contribution in [3.8, 4) is 0 Å². The van der Waals surface area contributed by atoms with Crippen molar-refractivity contribution in [1.82, 2.24) is 0 Å². The van der Waals surface area contributed by atoms with E-state index in [1.54, 1.807) is 12.1 Å². The minimum atomic E-state index is -1.01. The fourth-order valence-corrected chi connectivity index (χ4v) is 4.88. The first-order valence-corrected chi connectivity index (χ1v) is 11.7. The van der Waals surface area contributed by atoms with Crippen LogP contribution in [0.25, 0.3) is 0 Å². The van der Waals surface area contributed by atoms with E-state index in [0.717, 1.165) is 31.4 Å². The third kappa shape index (κ3) is 5.27. The van der Waals surface area contributed by atoms with Crippen LogP contribution in [0.3, 0.4) is 0 Å². The number of carboxylic acid groups (broad SMARTS) is 1. The van der Waals surface area contributed by atoms with Crippen molar-refractivity contribution in [1.29, 1.82) is 0 Å². The molecule has 0 aliphatic heterocycles. The molecule has 5 heteroatoms. The third-order valence-corrected chi connectivity index (χ3v) is 6.61. The number of carbonyl (C=O) groups is 2. The van der Waals surface area contributed by atoms with E-state index in [1.165, 1.54) is 44.6 Å². The van der Waals surface area contributed by atoms with Crippen molar-refractivity contribution in [3.63, 3.8) is 0 Å². The third-order valence-electron chi connectivity index (χ3n) is 6.61. The van der Waals surface area contributed by atoms with E-state index in [1.807, 2.05) is 24.3 Å². The average molecular weight is 421 g/mol. The van der Waals surface area contributed by atoms with Gasteiger partial charge in [-0.15, -0.1) is 0 Å². The summed E-state index contributed by atoms with van der Waals surface area (Å²) in [6.45, 7) is 0. The van der Waals surface area contributed by atoms with Crippen molar-refractivity contribution < 1.29 is 14.7 Å². The fraction of sp³-hybridized carbons (Fsp3) is 0.462. The van der Waals surface area contributed by atoms with Gasteiger partial charge in [-0.2, -0.15) is 0 Å². The molecule has 4 rings (SSSR count). The molecule has 0 spiro atoms. The summed E-state index contributed by atoms with van der Waals surface area (Å²) < 4.78 is 0. The highest BCUT2D eigenvalue weighted by Crippen LogP contribution is 2.28. The number of aromatic carboxylic acids is 1. The first-order chi connectivity index (χ1) is 15.1. The van der Waals surface area contributed by atoms with E-state index in [-0.39, 0.29) is 11.3 Å². The summed E-state index contributed by atoms with van der Waals surface area (Å²) in [5.74, 6) is -1.16. The number of benzene rings is 2. The molecular weight excluding hydrogens is 388 g/mol. The molecule has 2 aliphatic carbocycles. The summed E-state index contributed by atoms with van der Waals surface area (Å²) in [6.07, 6.45) is 11.6. The van der Waals surface area contributed by atoms with E-state index >= 15 is 0 Å². The van der Waals surface area contributed by atoms with Crippen LogP contribution in [0.5, 0.6) is 0 Å². The predicted octanol–water partition coefficient (Wildman–Crippen LogP) is 6.11. The Morgan fingerprint density at radius 2 is 1.26 bits per heavy atom. The van der Waals surface area contributed by atoms with Gasteiger partial charge in [-0.25, -0.2) is 4.79 Å². The highest BCUT2D eigenvalue weighted by molar-refractivity contribution is 6.13. The normalized spacial score (nSPS) is 17.8. The molecule has 2 aromatic carbocycles. The summed E-state index contributed by atoms with van der Waals surface area (Å²) in [5.41, 5.74) is 2.60. The van der Waals surface area contributed by atoms with E-state index in [4.69, 9.17) is 0 Å². The van der Waals surface area contributed by atoms with Crippen LogP contribution >= 0.6 is 0 Å². The van der Waals surface area contributed by atoms with Crippen molar-refractivity contribution in [2.24, 2.45) is 0 Å². The van der Waals surface area contributed by atoms with E-state index in [0.29, 0.717) is 28.9 Å². The van der Waals surface area contributed by atoms with Crippen molar-refractivity contribution >= 4 is 23.1 Å². The lowest BCUT2D eigenvalue weighted by atomic mass is 9.93. The number of hydrogen-bond donors (Lipinski definition) is 3. The molecule has 0 saturated heterocycles. The van der Waals surface area contributed by atoms with Gasteiger partial charge >= 0.3 is 5.97 Å². The number of anilines is 2. The Kier molecular flexibility index (Phi) is 6.90. The molecular formula is C26H32N2O3. The smallest absolute Gasteiger partial charge is 0.337 e. The maximum Gasteiger partial charge on any atom is 0.337 e. The molecule has 0 heterocycles. The summed E-state index contributed by atoms with van der Waals surface area (Å²) in [6, 6.07) is 13.3. The number of rotatable bonds is 7. The maximum atomic E-state index is 13.3. The molecule has 0 unspecified atom stereocenters. The lowest BCUT2D eigenvalue weighted by molar-refractivity contribution is 0.0698. The van der Waals surface area contributed by atoms with Crippen LogP contribution in [-0.4, -0.2) is 28.9 Å². The molecule has 0 bridgehead atoms. The van der Waals surface area contributed by atoms with Gasteiger partial charge in [0.05, 0.1) is 5.56 Å². The zero-order valence-electron chi connectivity index (χ0n) is 18.0. The first-order valence-electron chi connectivity index (χ1n) is 11.7. The van der Waals surface area contributed by atoms with Gasteiger partial charge in [-0.3, -0.25) is 4.79 Å². The van der Waals surface area contributed by atoms with Crippen LogP contribution in [0.2, 0.25) is 0 Å². The highest BCUT2D eigenvalue weighted by Gasteiger charge is 2.21. The van der Waals surface area contributed by atoms with Gasteiger partial charge < -0.3 is 15.7 Å². The Morgan fingerprint density at radius 1 is 0.710 bits per heavy atom. The summed E-state index contributed by atoms with van der Waals surface area (Å²) >= 11 is 0. The number of hydrogen-bond acceptors (Lipinski definition) is 4. The quantitative estimate of drug-likeness (QED) is 0.471. The number of carboxylic acids is 1. The molecule has 5 nitrogen and oxygen atoms in total. The van der Waals surface area contributed by atoms with Crippen molar-refractivity contribution in [3.05, 3.63) is 59.2 Å². The molecule has 2 aromatic rings. The van der Waals surface area contributed by atoms with Gasteiger partial charge in [0.2, 0.25) is 0 Å². The number of ketones is 1. The van der Waals surface area contributed by atoms with E-state index < -0.39 is 5.97 Å². The predicted molar refractivity (Wildman–Crippen MR) is 124 cm³/mol. The first kappa shape index (κ1) is 21.4. The van der Waals surface area contributed by atoms with Gasteiger partial charge in [0.15, 0.2) is 5.78 Å². The molecule has 31 heavy (non-hydrogen) atoms. The molecule has 0 aromatic heterocycles. The van der Waals surface area contributed by atoms with Crippen LogP contribution in [-0.2, 0) is 0 Å². The second kappa shape index (κ2) is 9.99. The van der Waals surface area contributed by atoms with Gasteiger partial charge in [-0.05, 0) is 56.0 Å². The Bertz CT molecular complexity index is 928. The van der Waals surface area contributed by atoms with Crippen LogP contribution in [0.15, 0.2) is 42.5 Å². The van der Waals surface area contributed by atoms with Crippen LogP contribution in [0.1, 0.15) is 90.5 Å². The summed E-state index contributed by atoms with van der Waals surface area (Å²) in [5, 5.41) is 16.7. The van der Waals surface area contributed by atoms with Crippen LogP contribution in [0.4, 0.5) is 11.4 Å². The minimum Gasteiger partial charge on any atom is -0.478 e. The second-order valence-corrected chi connectivity index (χ2v) is 8.90. The molecule has 0 atom stereocenters. The number of nitrogens with one attached hydrogen (secondary N) is 2. The lowest BCUT2D eigenvalue weighted by Gasteiger charge is -2.25. The Labute approximate surface area is 184 Å². The molecule has 164 valence electrons. The van der Waals surface area contributed by atoms with Gasteiger partial charge in [0.25, 0.3) is 0 Å².